The predicted octanol–water partition coefficient (Wildman–Crippen LogP) is 1.37. The number of rotatable bonds is 1. The fraction of sp³-hybridized carbons (Fsp3) is 0.667. The highest BCUT2D eigenvalue weighted by Crippen LogP contribution is 2.26. The van der Waals surface area contributed by atoms with E-state index < -0.39 is 0 Å². The molecule has 1 aromatic rings. The van der Waals surface area contributed by atoms with Crippen LogP contribution in [0.4, 0.5) is 0 Å². The van der Waals surface area contributed by atoms with Crippen LogP contribution in [-0.2, 0) is 13.0 Å². The molecule has 1 atom stereocenters. The molecule has 2 rings (SSSR count). The minimum Gasteiger partial charge on any atom is -0.330 e. The number of imidazole rings is 1. The molecule has 0 radical (unpaired) electrons. The van der Waals surface area contributed by atoms with Crippen molar-refractivity contribution in [2.75, 3.05) is 6.54 Å². The highest BCUT2D eigenvalue weighted by atomic mass is 35.5. The van der Waals surface area contributed by atoms with Crippen LogP contribution in [0.1, 0.15) is 17.9 Å². The van der Waals surface area contributed by atoms with Crippen LogP contribution in [0.3, 0.4) is 0 Å². The van der Waals surface area contributed by atoms with E-state index in [9.17, 15) is 0 Å². The molecule has 2 heterocycles. The fourth-order valence-corrected chi connectivity index (χ4v) is 2.26. The molecule has 0 bridgehead atoms. The summed E-state index contributed by atoms with van der Waals surface area (Å²) in [6.45, 7) is 3.74. The van der Waals surface area contributed by atoms with Gasteiger partial charge in [0.2, 0.25) is 0 Å². The summed E-state index contributed by atoms with van der Waals surface area (Å²) in [4.78, 5) is 4.25. The average Bonchev–Trinajstić information content (AvgIpc) is 2.42. The lowest BCUT2D eigenvalue weighted by atomic mass is 9.98. The SMILES string of the molecule is Cc1nc(Cl)c2n1CC(CN)CC2. The molecule has 4 heteroatoms. The Kier molecular flexibility index (Phi) is 2.30. The van der Waals surface area contributed by atoms with Gasteiger partial charge in [-0.25, -0.2) is 4.98 Å². The Bertz CT molecular complexity index is 319. The van der Waals surface area contributed by atoms with Crippen molar-refractivity contribution >= 4 is 11.6 Å². The largest absolute Gasteiger partial charge is 0.330 e. The van der Waals surface area contributed by atoms with Gasteiger partial charge in [0.05, 0.1) is 5.69 Å². The van der Waals surface area contributed by atoms with Gasteiger partial charge in [0.1, 0.15) is 5.82 Å². The highest BCUT2D eigenvalue weighted by molar-refractivity contribution is 6.30. The maximum atomic E-state index is 5.99. The molecule has 0 spiro atoms. The number of nitrogens with zero attached hydrogens (tertiary/aromatic N) is 2. The van der Waals surface area contributed by atoms with E-state index in [0.29, 0.717) is 11.1 Å². The Balaban J connectivity index is 2.33. The lowest BCUT2D eigenvalue weighted by molar-refractivity contribution is 0.374. The third kappa shape index (κ3) is 1.46. The van der Waals surface area contributed by atoms with E-state index >= 15 is 0 Å². The molecule has 0 fully saturated rings. The molecule has 13 heavy (non-hydrogen) atoms. The first-order chi connectivity index (χ1) is 6.22. The molecule has 1 aromatic heterocycles. The summed E-state index contributed by atoms with van der Waals surface area (Å²) < 4.78 is 2.20. The number of aryl methyl sites for hydroxylation is 1. The number of halogens is 1. The van der Waals surface area contributed by atoms with Crippen LogP contribution in [-0.4, -0.2) is 16.1 Å². The van der Waals surface area contributed by atoms with Crippen molar-refractivity contribution in [3.05, 3.63) is 16.7 Å². The van der Waals surface area contributed by atoms with Crippen LogP contribution < -0.4 is 5.73 Å². The molecule has 0 aliphatic carbocycles. The summed E-state index contributed by atoms with van der Waals surface area (Å²) >= 11 is 5.99. The van der Waals surface area contributed by atoms with E-state index in [4.69, 9.17) is 17.3 Å². The second-order valence-electron chi connectivity index (χ2n) is 3.65. The Morgan fingerprint density at radius 2 is 2.46 bits per heavy atom. The second-order valence-corrected chi connectivity index (χ2v) is 4.01. The lowest BCUT2D eigenvalue weighted by Crippen LogP contribution is -2.26. The first-order valence-electron chi connectivity index (χ1n) is 4.64. The number of fused-ring (bicyclic) bond motifs is 1. The predicted molar refractivity (Wildman–Crippen MR) is 52.8 cm³/mol. The van der Waals surface area contributed by atoms with Gasteiger partial charge in [-0.3, -0.25) is 0 Å². The minimum absolute atomic E-state index is 0.594. The van der Waals surface area contributed by atoms with Gasteiger partial charge in [0, 0.05) is 6.54 Å². The van der Waals surface area contributed by atoms with E-state index in [1.165, 1.54) is 5.69 Å². The lowest BCUT2D eigenvalue weighted by Gasteiger charge is -2.23. The monoisotopic (exact) mass is 199 g/mol. The maximum absolute atomic E-state index is 5.99. The summed E-state index contributed by atoms with van der Waals surface area (Å²) in [5.74, 6) is 1.61. The molecule has 72 valence electrons. The molecule has 2 N–H and O–H groups in total. The zero-order valence-corrected chi connectivity index (χ0v) is 8.51. The van der Waals surface area contributed by atoms with Crippen LogP contribution >= 0.6 is 11.6 Å². The molecule has 0 saturated carbocycles. The summed E-state index contributed by atoms with van der Waals surface area (Å²) in [6.07, 6.45) is 2.16. The third-order valence-electron chi connectivity index (χ3n) is 2.78. The normalized spacial score (nSPS) is 21.6. The molecule has 1 aliphatic heterocycles. The van der Waals surface area contributed by atoms with Gasteiger partial charge in [-0.1, -0.05) is 11.6 Å². The van der Waals surface area contributed by atoms with E-state index in [1.807, 2.05) is 6.92 Å². The summed E-state index contributed by atoms with van der Waals surface area (Å²) in [6, 6.07) is 0. The zero-order valence-electron chi connectivity index (χ0n) is 7.76. The van der Waals surface area contributed by atoms with Gasteiger partial charge in [-0.2, -0.15) is 0 Å². The summed E-state index contributed by atoms with van der Waals surface area (Å²) in [5.41, 5.74) is 6.83. The van der Waals surface area contributed by atoms with Crippen molar-refractivity contribution in [2.45, 2.75) is 26.3 Å². The minimum atomic E-state index is 0.594. The summed E-state index contributed by atoms with van der Waals surface area (Å²) in [5, 5.41) is 0.674. The highest BCUT2D eigenvalue weighted by Gasteiger charge is 2.21. The second kappa shape index (κ2) is 3.31. The van der Waals surface area contributed by atoms with Crippen molar-refractivity contribution in [2.24, 2.45) is 11.7 Å². The van der Waals surface area contributed by atoms with Crippen LogP contribution in [0.5, 0.6) is 0 Å². The van der Waals surface area contributed by atoms with E-state index in [0.717, 1.165) is 31.8 Å². The molecule has 3 nitrogen and oxygen atoms in total. The summed E-state index contributed by atoms with van der Waals surface area (Å²) in [7, 11) is 0. The number of aromatic nitrogens is 2. The van der Waals surface area contributed by atoms with Gasteiger partial charge in [-0.05, 0) is 32.2 Å². The van der Waals surface area contributed by atoms with Gasteiger partial charge < -0.3 is 10.3 Å². The quantitative estimate of drug-likeness (QED) is 0.743. The number of hydrogen-bond acceptors (Lipinski definition) is 2. The van der Waals surface area contributed by atoms with Crippen LogP contribution in [0, 0.1) is 12.8 Å². The Morgan fingerprint density at radius 3 is 3.15 bits per heavy atom. The molecule has 1 unspecified atom stereocenters. The zero-order chi connectivity index (χ0) is 9.42. The van der Waals surface area contributed by atoms with Crippen molar-refractivity contribution in [3.63, 3.8) is 0 Å². The van der Waals surface area contributed by atoms with Crippen molar-refractivity contribution in [3.8, 4) is 0 Å². The van der Waals surface area contributed by atoms with Gasteiger partial charge >= 0.3 is 0 Å². The maximum Gasteiger partial charge on any atom is 0.150 e. The van der Waals surface area contributed by atoms with Crippen molar-refractivity contribution in [1.82, 2.24) is 9.55 Å². The smallest absolute Gasteiger partial charge is 0.150 e. The molecule has 0 amide bonds. The fourth-order valence-electron chi connectivity index (χ4n) is 1.94. The van der Waals surface area contributed by atoms with E-state index in [1.54, 1.807) is 0 Å². The topological polar surface area (TPSA) is 43.8 Å². The Morgan fingerprint density at radius 1 is 1.69 bits per heavy atom. The van der Waals surface area contributed by atoms with Gasteiger partial charge in [0.15, 0.2) is 5.15 Å². The molecular formula is C9H14ClN3. The number of hydrogen-bond donors (Lipinski definition) is 1. The average molecular weight is 200 g/mol. The van der Waals surface area contributed by atoms with E-state index in [-0.39, 0.29) is 0 Å². The van der Waals surface area contributed by atoms with E-state index in [2.05, 4.69) is 9.55 Å². The third-order valence-corrected chi connectivity index (χ3v) is 3.08. The van der Waals surface area contributed by atoms with Gasteiger partial charge in [-0.15, -0.1) is 0 Å². The molecular weight excluding hydrogens is 186 g/mol. The molecule has 0 saturated heterocycles. The van der Waals surface area contributed by atoms with Crippen LogP contribution in [0.2, 0.25) is 5.15 Å². The number of nitrogens with two attached hydrogens (primary N) is 1. The van der Waals surface area contributed by atoms with Crippen LogP contribution in [0.25, 0.3) is 0 Å². The molecule has 1 aliphatic rings. The Hall–Kier alpha value is -0.540. The van der Waals surface area contributed by atoms with Crippen molar-refractivity contribution < 1.29 is 0 Å². The van der Waals surface area contributed by atoms with Crippen molar-refractivity contribution in [1.29, 1.82) is 0 Å². The first kappa shape index (κ1) is 9.03. The van der Waals surface area contributed by atoms with Crippen LogP contribution in [0.15, 0.2) is 0 Å². The Labute approximate surface area is 82.9 Å². The first-order valence-corrected chi connectivity index (χ1v) is 5.01. The molecule has 0 aromatic carbocycles. The van der Waals surface area contributed by atoms with Gasteiger partial charge in [0.25, 0.3) is 0 Å². The standard InChI is InChI=1S/C9H14ClN3/c1-6-12-9(10)8-3-2-7(4-11)5-13(6)8/h7H,2-5,11H2,1H3.